The summed E-state index contributed by atoms with van der Waals surface area (Å²) in [4.78, 5) is 27.1. The van der Waals surface area contributed by atoms with Crippen LogP contribution in [0.5, 0.6) is 0 Å². The zero-order chi connectivity index (χ0) is 20.1. The molecular weight excluding hydrogens is 352 g/mol. The van der Waals surface area contributed by atoms with E-state index < -0.39 is 0 Å². The SMILES string of the molecule is CCCCNC(=O)C1CCN(C(=O)c2cnn(-c3ccccc3C)c2C)CC1. The third kappa shape index (κ3) is 4.26. The number of aryl methyl sites for hydroxylation is 1. The molecule has 0 bridgehead atoms. The molecule has 1 aromatic heterocycles. The van der Waals surface area contributed by atoms with Crippen LogP contribution in [0.25, 0.3) is 5.69 Å². The van der Waals surface area contributed by atoms with Crippen LogP contribution in [0.3, 0.4) is 0 Å². The van der Waals surface area contributed by atoms with E-state index in [1.165, 1.54) is 0 Å². The molecule has 2 aromatic rings. The lowest BCUT2D eigenvalue weighted by Crippen LogP contribution is -2.43. The van der Waals surface area contributed by atoms with Gasteiger partial charge in [-0.25, -0.2) is 4.68 Å². The molecule has 6 nitrogen and oxygen atoms in total. The largest absolute Gasteiger partial charge is 0.356 e. The molecule has 150 valence electrons. The average Bonchev–Trinajstić information content (AvgIpc) is 3.09. The molecule has 28 heavy (non-hydrogen) atoms. The molecule has 0 saturated carbocycles. The van der Waals surface area contributed by atoms with Crippen LogP contribution in [0.4, 0.5) is 0 Å². The van der Waals surface area contributed by atoms with Crippen LogP contribution in [0.1, 0.15) is 54.2 Å². The summed E-state index contributed by atoms with van der Waals surface area (Å²) in [7, 11) is 0. The van der Waals surface area contributed by atoms with Crippen molar-refractivity contribution in [2.75, 3.05) is 19.6 Å². The van der Waals surface area contributed by atoms with E-state index in [9.17, 15) is 9.59 Å². The second-order valence-electron chi connectivity index (χ2n) is 7.55. The van der Waals surface area contributed by atoms with E-state index in [1.54, 1.807) is 6.20 Å². The van der Waals surface area contributed by atoms with Gasteiger partial charge in [-0.2, -0.15) is 5.10 Å². The van der Waals surface area contributed by atoms with Crippen LogP contribution in [-0.4, -0.2) is 46.1 Å². The van der Waals surface area contributed by atoms with Crippen molar-refractivity contribution in [2.45, 2.75) is 46.5 Å². The molecule has 0 aliphatic carbocycles. The Kier molecular flexibility index (Phi) is 6.49. The zero-order valence-electron chi connectivity index (χ0n) is 17.1. The number of nitrogens with zero attached hydrogens (tertiary/aromatic N) is 3. The summed E-state index contributed by atoms with van der Waals surface area (Å²) in [6.45, 7) is 8.04. The number of carbonyl (C=O) groups excluding carboxylic acids is 2. The number of amides is 2. The van der Waals surface area contributed by atoms with Gasteiger partial charge in [0.05, 0.1) is 23.1 Å². The number of nitrogens with one attached hydrogen (secondary N) is 1. The number of benzene rings is 1. The molecule has 1 saturated heterocycles. The van der Waals surface area contributed by atoms with Gasteiger partial charge >= 0.3 is 0 Å². The molecule has 1 fully saturated rings. The van der Waals surface area contributed by atoms with Gasteiger partial charge in [-0.1, -0.05) is 31.5 Å². The molecule has 0 unspecified atom stereocenters. The van der Waals surface area contributed by atoms with Crippen molar-refractivity contribution >= 4 is 11.8 Å². The maximum absolute atomic E-state index is 13.0. The van der Waals surface area contributed by atoms with E-state index in [-0.39, 0.29) is 17.7 Å². The molecule has 1 N–H and O–H groups in total. The molecular formula is C22H30N4O2. The summed E-state index contributed by atoms with van der Waals surface area (Å²) < 4.78 is 1.83. The molecule has 3 rings (SSSR count). The van der Waals surface area contributed by atoms with Crippen LogP contribution >= 0.6 is 0 Å². The zero-order valence-corrected chi connectivity index (χ0v) is 17.1. The summed E-state index contributed by atoms with van der Waals surface area (Å²) in [6.07, 6.45) is 5.17. The van der Waals surface area contributed by atoms with Crippen molar-refractivity contribution in [1.82, 2.24) is 20.0 Å². The summed E-state index contributed by atoms with van der Waals surface area (Å²) in [6, 6.07) is 8.01. The van der Waals surface area contributed by atoms with Crippen LogP contribution in [0.2, 0.25) is 0 Å². The Morgan fingerprint density at radius 2 is 1.89 bits per heavy atom. The molecule has 1 aliphatic rings. The Hall–Kier alpha value is -2.63. The van der Waals surface area contributed by atoms with Gasteiger partial charge in [-0.3, -0.25) is 9.59 Å². The number of piperidine rings is 1. The third-order valence-electron chi connectivity index (χ3n) is 5.57. The van der Waals surface area contributed by atoms with Crippen molar-refractivity contribution in [1.29, 1.82) is 0 Å². The number of rotatable bonds is 6. The summed E-state index contributed by atoms with van der Waals surface area (Å²) >= 11 is 0. The minimum Gasteiger partial charge on any atom is -0.356 e. The first kappa shape index (κ1) is 20.1. The minimum absolute atomic E-state index is 0.00201. The number of unbranched alkanes of at least 4 members (excludes halogenated alkanes) is 1. The molecule has 1 aromatic carbocycles. The maximum Gasteiger partial charge on any atom is 0.257 e. The Balaban J connectivity index is 1.63. The Bertz CT molecular complexity index is 835. The van der Waals surface area contributed by atoms with Gasteiger partial charge in [-0.05, 0) is 44.7 Å². The Morgan fingerprint density at radius 1 is 1.18 bits per heavy atom. The number of hydrogen-bond acceptors (Lipinski definition) is 3. The normalized spacial score (nSPS) is 14.9. The van der Waals surface area contributed by atoms with Crippen LogP contribution in [-0.2, 0) is 4.79 Å². The molecule has 0 atom stereocenters. The van der Waals surface area contributed by atoms with E-state index in [2.05, 4.69) is 17.3 Å². The van der Waals surface area contributed by atoms with Crippen molar-refractivity contribution < 1.29 is 9.59 Å². The first-order valence-corrected chi connectivity index (χ1v) is 10.2. The molecule has 2 amide bonds. The van der Waals surface area contributed by atoms with E-state index in [4.69, 9.17) is 0 Å². The minimum atomic E-state index is 0.00201. The third-order valence-corrected chi connectivity index (χ3v) is 5.57. The lowest BCUT2D eigenvalue weighted by atomic mass is 9.95. The quantitative estimate of drug-likeness (QED) is 0.780. The number of likely N-dealkylation sites (tertiary alicyclic amines) is 1. The van der Waals surface area contributed by atoms with Gasteiger partial charge in [0.25, 0.3) is 5.91 Å². The van der Waals surface area contributed by atoms with Gasteiger partial charge < -0.3 is 10.2 Å². The predicted molar refractivity (Wildman–Crippen MR) is 110 cm³/mol. The second kappa shape index (κ2) is 9.04. The summed E-state index contributed by atoms with van der Waals surface area (Å²) in [5, 5.41) is 7.46. The highest BCUT2D eigenvalue weighted by atomic mass is 16.2. The molecule has 0 radical (unpaired) electrons. The standard InChI is InChI=1S/C22H30N4O2/c1-4-5-12-23-21(27)18-10-13-25(14-11-18)22(28)19-15-24-26(17(19)3)20-9-7-6-8-16(20)2/h6-9,15,18H,4-5,10-14H2,1-3H3,(H,23,27). The van der Waals surface area contributed by atoms with Gasteiger partial charge in [0, 0.05) is 25.6 Å². The molecule has 2 heterocycles. The molecule has 1 aliphatic heterocycles. The monoisotopic (exact) mass is 382 g/mol. The average molecular weight is 383 g/mol. The highest BCUT2D eigenvalue weighted by Gasteiger charge is 2.29. The number of para-hydroxylation sites is 1. The van der Waals surface area contributed by atoms with Gasteiger partial charge in [0.15, 0.2) is 0 Å². The topological polar surface area (TPSA) is 67.2 Å². The van der Waals surface area contributed by atoms with Crippen molar-refractivity contribution in [3.63, 3.8) is 0 Å². The van der Waals surface area contributed by atoms with Crippen molar-refractivity contribution in [3.05, 3.63) is 47.3 Å². The van der Waals surface area contributed by atoms with E-state index in [0.717, 1.165) is 36.3 Å². The summed E-state index contributed by atoms with van der Waals surface area (Å²) in [5.41, 5.74) is 3.58. The number of carbonyl (C=O) groups is 2. The Labute approximate surface area is 166 Å². The van der Waals surface area contributed by atoms with E-state index in [0.29, 0.717) is 31.5 Å². The van der Waals surface area contributed by atoms with E-state index >= 15 is 0 Å². The van der Waals surface area contributed by atoms with Crippen LogP contribution in [0, 0.1) is 19.8 Å². The maximum atomic E-state index is 13.0. The lowest BCUT2D eigenvalue weighted by Gasteiger charge is -2.31. The van der Waals surface area contributed by atoms with Crippen LogP contribution < -0.4 is 5.32 Å². The lowest BCUT2D eigenvalue weighted by molar-refractivity contribution is -0.126. The van der Waals surface area contributed by atoms with Gasteiger partial charge in [-0.15, -0.1) is 0 Å². The fraction of sp³-hybridized carbons (Fsp3) is 0.500. The second-order valence-corrected chi connectivity index (χ2v) is 7.55. The highest BCUT2D eigenvalue weighted by molar-refractivity contribution is 5.95. The fourth-order valence-electron chi connectivity index (χ4n) is 3.71. The fourth-order valence-corrected chi connectivity index (χ4v) is 3.71. The van der Waals surface area contributed by atoms with Crippen molar-refractivity contribution in [2.24, 2.45) is 5.92 Å². The van der Waals surface area contributed by atoms with Crippen LogP contribution in [0.15, 0.2) is 30.5 Å². The Morgan fingerprint density at radius 3 is 2.57 bits per heavy atom. The molecule has 0 spiro atoms. The van der Waals surface area contributed by atoms with Crippen molar-refractivity contribution in [3.8, 4) is 5.69 Å². The number of aromatic nitrogens is 2. The summed E-state index contributed by atoms with van der Waals surface area (Å²) in [5.74, 6) is 0.142. The van der Waals surface area contributed by atoms with Gasteiger partial charge in [0.2, 0.25) is 5.91 Å². The first-order valence-electron chi connectivity index (χ1n) is 10.2. The number of hydrogen-bond donors (Lipinski definition) is 1. The van der Waals surface area contributed by atoms with E-state index in [1.807, 2.05) is 47.7 Å². The highest BCUT2D eigenvalue weighted by Crippen LogP contribution is 2.22. The smallest absolute Gasteiger partial charge is 0.257 e. The first-order chi connectivity index (χ1) is 13.5. The predicted octanol–water partition coefficient (Wildman–Crippen LogP) is 3.26. The van der Waals surface area contributed by atoms with Gasteiger partial charge in [0.1, 0.15) is 0 Å². The molecule has 6 heteroatoms.